The van der Waals surface area contributed by atoms with Gasteiger partial charge in [0.15, 0.2) is 0 Å². The number of para-hydroxylation sites is 1. The van der Waals surface area contributed by atoms with Crippen molar-refractivity contribution >= 4 is 34.7 Å². The number of hydrogen-bond acceptors (Lipinski definition) is 4. The van der Waals surface area contributed by atoms with Crippen molar-refractivity contribution in [1.82, 2.24) is 4.90 Å². The van der Waals surface area contributed by atoms with E-state index in [0.717, 1.165) is 25.9 Å². The van der Waals surface area contributed by atoms with Gasteiger partial charge in [0.2, 0.25) is 0 Å². The van der Waals surface area contributed by atoms with E-state index >= 15 is 0 Å². The standard InChI is InChI=1S/C24H25ClN2O3/c1-15-11-13-26(14-12-15)22-21(17-7-4-5-10-20(17)30-3)23(28)27(24(22)29)19-9-6-8-18(25)16(19)2/h4-10,15H,11-14H2,1-3H3. The fraction of sp³-hybridized carbons (Fsp3) is 0.333. The Bertz CT molecular complexity index is 1040. The molecule has 0 saturated carbocycles. The van der Waals surface area contributed by atoms with Crippen LogP contribution < -0.4 is 9.64 Å². The van der Waals surface area contributed by atoms with Crippen LogP contribution in [0.25, 0.3) is 5.57 Å². The van der Waals surface area contributed by atoms with Crippen LogP contribution in [0, 0.1) is 12.8 Å². The molecule has 2 aromatic rings. The summed E-state index contributed by atoms with van der Waals surface area (Å²) in [5.74, 6) is 0.528. The van der Waals surface area contributed by atoms with Gasteiger partial charge in [0, 0.05) is 23.7 Å². The number of anilines is 1. The SMILES string of the molecule is COc1ccccc1C1=C(N2CCC(C)CC2)C(=O)N(c2cccc(Cl)c2C)C1=O. The number of benzene rings is 2. The predicted octanol–water partition coefficient (Wildman–Crippen LogP) is 4.67. The fourth-order valence-electron chi connectivity index (χ4n) is 4.19. The van der Waals surface area contributed by atoms with E-state index in [1.807, 2.05) is 31.2 Å². The predicted molar refractivity (Wildman–Crippen MR) is 119 cm³/mol. The van der Waals surface area contributed by atoms with Gasteiger partial charge in [-0.25, -0.2) is 4.90 Å². The maximum Gasteiger partial charge on any atom is 0.282 e. The van der Waals surface area contributed by atoms with Crippen molar-refractivity contribution in [1.29, 1.82) is 0 Å². The van der Waals surface area contributed by atoms with E-state index in [1.54, 1.807) is 25.3 Å². The summed E-state index contributed by atoms with van der Waals surface area (Å²) < 4.78 is 5.52. The fourth-order valence-corrected chi connectivity index (χ4v) is 4.36. The van der Waals surface area contributed by atoms with Gasteiger partial charge in [-0.1, -0.05) is 42.8 Å². The molecule has 30 heavy (non-hydrogen) atoms. The van der Waals surface area contributed by atoms with Crippen molar-refractivity contribution in [3.63, 3.8) is 0 Å². The zero-order chi connectivity index (χ0) is 21.4. The van der Waals surface area contributed by atoms with Crippen LogP contribution >= 0.6 is 11.6 Å². The molecule has 0 bridgehead atoms. The van der Waals surface area contributed by atoms with Crippen LogP contribution in [0.3, 0.4) is 0 Å². The lowest BCUT2D eigenvalue weighted by molar-refractivity contribution is -0.120. The van der Waals surface area contributed by atoms with Gasteiger partial charge in [-0.15, -0.1) is 0 Å². The summed E-state index contributed by atoms with van der Waals surface area (Å²) in [6.45, 7) is 5.53. The maximum absolute atomic E-state index is 13.7. The van der Waals surface area contributed by atoms with Gasteiger partial charge in [-0.2, -0.15) is 0 Å². The largest absolute Gasteiger partial charge is 0.496 e. The number of ether oxygens (including phenoxy) is 1. The van der Waals surface area contributed by atoms with E-state index in [2.05, 4.69) is 11.8 Å². The lowest BCUT2D eigenvalue weighted by Crippen LogP contribution is -2.38. The average molecular weight is 425 g/mol. The van der Waals surface area contributed by atoms with Crippen LogP contribution in [0.4, 0.5) is 5.69 Å². The number of methoxy groups -OCH3 is 1. The molecule has 0 N–H and O–H groups in total. The summed E-state index contributed by atoms with van der Waals surface area (Å²) in [5, 5.41) is 0.521. The molecular weight excluding hydrogens is 400 g/mol. The summed E-state index contributed by atoms with van der Waals surface area (Å²) in [5.41, 5.74) is 2.70. The third-order valence-electron chi connectivity index (χ3n) is 6.02. The first-order chi connectivity index (χ1) is 14.4. The number of nitrogens with zero attached hydrogens (tertiary/aromatic N) is 2. The summed E-state index contributed by atoms with van der Waals surface area (Å²) >= 11 is 6.30. The van der Waals surface area contributed by atoms with Gasteiger partial charge in [-0.05, 0) is 49.4 Å². The zero-order valence-corrected chi connectivity index (χ0v) is 18.2. The van der Waals surface area contributed by atoms with Gasteiger partial charge < -0.3 is 9.64 Å². The molecule has 1 fully saturated rings. The highest BCUT2D eigenvalue weighted by molar-refractivity contribution is 6.46. The second-order valence-corrected chi connectivity index (χ2v) is 8.33. The minimum absolute atomic E-state index is 0.305. The van der Waals surface area contributed by atoms with Gasteiger partial charge in [0.25, 0.3) is 11.8 Å². The molecule has 2 aromatic carbocycles. The number of amides is 2. The molecule has 2 heterocycles. The van der Waals surface area contributed by atoms with Crippen molar-refractivity contribution in [2.75, 3.05) is 25.1 Å². The third-order valence-corrected chi connectivity index (χ3v) is 6.43. The highest BCUT2D eigenvalue weighted by atomic mass is 35.5. The van der Waals surface area contributed by atoms with Gasteiger partial charge in [0.1, 0.15) is 11.4 Å². The molecule has 5 nitrogen and oxygen atoms in total. The molecule has 0 aliphatic carbocycles. The Morgan fingerprint density at radius 3 is 2.40 bits per heavy atom. The molecule has 0 spiro atoms. The molecule has 156 valence electrons. The Morgan fingerprint density at radius 1 is 1.00 bits per heavy atom. The Balaban J connectivity index is 1.88. The number of carbonyl (C=O) groups is 2. The molecule has 0 radical (unpaired) electrons. The molecule has 0 aromatic heterocycles. The summed E-state index contributed by atoms with van der Waals surface area (Å²) in [4.78, 5) is 30.7. The number of halogens is 1. The lowest BCUT2D eigenvalue weighted by atomic mass is 9.97. The molecule has 2 aliphatic heterocycles. The Kier molecular flexibility index (Phi) is 5.56. The molecule has 0 unspecified atom stereocenters. The number of rotatable bonds is 4. The van der Waals surface area contributed by atoms with Gasteiger partial charge in [-0.3, -0.25) is 9.59 Å². The second-order valence-electron chi connectivity index (χ2n) is 7.92. The van der Waals surface area contributed by atoms with E-state index in [4.69, 9.17) is 16.3 Å². The first-order valence-electron chi connectivity index (χ1n) is 10.2. The van der Waals surface area contributed by atoms with E-state index in [0.29, 0.717) is 44.8 Å². The Labute approximate surface area is 181 Å². The lowest BCUT2D eigenvalue weighted by Gasteiger charge is -2.32. The number of likely N-dealkylation sites (tertiary alicyclic amines) is 1. The van der Waals surface area contributed by atoms with Crippen molar-refractivity contribution in [3.05, 3.63) is 64.3 Å². The third kappa shape index (κ3) is 3.37. The normalized spacial score (nSPS) is 17.9. The number of carbonyl (C=O) groups excluding carboxylic acids is 2. The number of imide groups is 1. The maximum atomic E-state index is 13.7. The van der Waals surface area contributed by atoms with Crippen molar-refractivity contribution < 1.29 is 14.3 Å². The van der Waals surface area contributed by atoms with Gasteiger partial charge in [0.05, 0.1) is 18.4 Å². The van der Waals surface area contributed by atoms with E-state index in [-0.39, 0.29) is 11.8 Å². The summed E-state index contributed by atoms with van der Waals surface area (Å²) in [6, 6.07) is 12.6. The molecule has 0 atom stereocenters. The molecule has 6 heteroatoms. The minimum atomic E-state index is -0.344. The van der Waals surface area contributed by atoms with Crippen LogP contribution in [-0.2, 0) is 9.59 Å². The van der Waals surface area contributed by atoms with Crippen LogP contribution in [0.5, 0.6) is 5.75 Å². The van der Waals surface area contributed by atoms with E-state index < -0.39 is 0 Å². The van der Waals surface area contributed by atoms with E-state index in [1.165, 1.54) is 4.90 Å². The molecule has 4 rings (SSSR count). The molecule has 1 saturated heterocycles. The highest BCUT2D eigenvalue weighted by Crippen LogP contribution is 2.40. The summed E-state index contributed by atoms with van der Waals surface area (Å²) in [7, 11) is 1.57. The monoisotopic (exact) mass is 424 g/mol. The first kappa shape index (κ1) is 20.5. The van der Waals surface area contributed by atoms with E-state index in [9.17, 15) is 9.59 Å². The summed E-state index contributed by atoms with van der Waals surface area (Å²) in [6.07, 6.45) is 1.97. The molecule has 2 aliphatic rings. The van der Waals surface area contributed by atoms with Crippen molar-refractivity contribution in [2.45, 2.75) is 26.7 Å². The topological polar surface area (TPSA) is 49.9 Å². The second kappa shape index (κ2) is 8.15. The van der Waals surface area contributed by atoms with Crippen molar-refractivity contribution in [3.8, 4) is 5.75 Å². The smallest absolute Gasteiger partial charge is 0.282 e. The average Bonchev–Trinajstić information content (AvgIpc) is 3.01. The molecule has 2 amide bonds. The van der Waals surface area contributed by atoms with Crippen LogP contribution in [0.15, 0.2) is 48.2 Å². The number of hydrogen-bond donors (Lipinski definition) is 0. The Hall–Kier alpha value is -2.79. The van der Waals surface area contributed by atoms with Crippen LogP contribution in [0.1, 0.15) is 30.9 Å². The van der Waals surface area contributed by atoms with Crippen LogP contribution in [0.2, 0.25) is 5.02 Å². The Morgan fingerprint density at radius 2 is 1.70 bits per heavy atom. The van der Waals surface area contributed by atoms with Gasteiger partial charge >= 0.3 is 0 Å². The van der Waals surface area contributed by atoms with Crippen molar-refractivity contribution in [2.24, 2.45) is 5.92 Å². The number of piperidine rings is 1. The first-order valence-corrected chi connectivity index (χ1v) is 10.6. The minimum Gasteiger partial charge on any atom is -0.496 e. The zero-order valence-electron chi connectivity index (χ0n) is 17.4. The quantitative estimate of drug-likeness (QED) is 0.669. The highest BCUT2D eigenvalue weighted by Gasteiger charge is 2.44. The molecular formula is C24H25ClN2O3. The van der Waals surface area contributed by atoms with Crippen LogP contribution in [-0.4, -0.2) is 36.9 Å².